The second-order valence-electron chi connectivity index (χ2n) is 7.61. The number of hydrogen-bond acceptors (Lipinski definition) is 1. The lowest BCUT2D eigenvalue weighted by atomic mass is 10.0. The fourth-order valence-corrected chi connectivity index (χ4v) is 3.10. The van der Waals surface area contributed by atoms with Crippen molar-refractivity contribution in [2.75, 3.05) is 0 Å². The molecule has 0 radical (unpaired) electrons. The van der Waals surface area contributed by atoms with E-state index < -0.39 is 0 Å². The first-order chi connectivity index (χ1) is 12.0. The van der Waals surface area contributed by atoms with E-state index in [1.807, 2.05) is 6.33 Å². The van der Waals surface area contributed by atoms with Crippen LogP contribution in [-0.4, -0.2) is 9.55 Å². The zero-order valence-electron chi connectivity index (χ0n) is 15.7. The van der Waals surface area contributed by atoms with Crippen LogP contribution >= 0.6 is 0 Å². The minimum Gasteiger partial charge on any atom is -0.306 e. The molecule has 0 spiro atoms. The van der Waals surface area contributed by atoms with E-state index in [4.69, 9.17) is 0 Å². The molecule has 2 heteroatoms. The van der Waals surface area contributed by atoms with Crippen LogP contribution in [-0.2, 0) is 12.8 Å². The summed E-state index contributed by atoms with van der Waals surface area (Å²) in [6.45, 7) is 8.95. The molecular weight excluding hydrogens is 304 g/mol. The topological polar surface area (TPSA) is 17.8 Å². The van der Waals surface area contributed by atoms with Gasteiger partial charge in [-0.1, -0.05) is 64.1 Å². The van der Waals surface area contributed by atoms with Crippen molar-refractivity contribution in [3.05, 3.63) is 83.4 Å². The van der Waals surface area contributed by atoms with Crippen molar-refractivity contribution < 1.29 is 0 Å². The van der Waals surface area contributed by atoms with E-state index in [2.05, 4.69) is 92.0 Å². The Bertz CT molecular complexity index is 793. The van der Waals surface area contributed by atoms with Crippen molar-refractivity contribution in [1.29, 1.82) is 0 Å². The predicted molar refractivity (Wildman–Crippen MR) is 105 cm³/mol. The molecule has 0 unspecified atom stereocenters. The van der Waals surface area contributed by atoms with Crippen LogP contribution in [0.1, 0.15) is 56.0 Å². The van der Waals surface area contributed by atoms with Gasteiger partial charge in [-0.15, -0.1) is 0 Å². The van der Waals surface area contributed by atoms with Crippen LogP contribution in [0.5, 0.6) is 0 Å². The summed E-state index contributed by atoms with van der Waals surface area (Å²) in [6.07, 6.45) is 6.06. The molecule has 3 aromatic rings. The molecule has 1 aromatic heterocycles. The van der Waals surface area contributed by atoms with Crippen LogP contribution in [0.2, 0.25) is 0 Å². The number of hydrogen-bond donors (Lipinski definition) is 0. The van der Waals surface area contributed by atoms with Crippen LogP contribution in [0.25, 0.3) is 5.69 Å². The van der Waals surface area contributed by atoms with Crippen LogP contribution in [0.15, 0.2) is 61.1 Å². The van der Waals surface area contributed by atoms with Crippen molar-refractivity contribution in [2.45, 2.75) is 46.5 Å². The zero-order valence-corrected chi connectivity index (χ0v) is 15.7. The average molecular weight is 332 g/mol. The summed E-state index contributed by atoms with van der Waals surface area (Å²) in [5.74, 6) is 1.26. The van der Waals surface area contributed by atoms with Gasteiger partial charge in [-0.3, -0.25) is 0 Å². The summed E-state index contributed by atoms with van der Waals surface area (Å²) >= 11 is 0. The predicted octanol–water partition coefficient (Wildman–Crippen LogP) is 5.79. The molecule has 25 heavy (non-hydrogen) atoms. The van der Waals surface area contributed by atoms with E-state index in [-0.39, 0.29) is 0 Å². The van der Waals surface area contributed by atoms with Gasteiger partial charge in [0.15, 0.2) is 0 Å². The first-order valence-electron chi connectivity index (χ1n) is 9.22. The van der Waals surface area contributed by atoms with Gasteiger partial charge in [0, 0.05) is 18.3 Å². The van der Waals surface area contributed by atoms with Gasteiger partial charge in [-0.05, 0) is 47.1 Å². The maximum atomic E-state index is 4.58. The van der Waals surface area contributed by atoms with Crippen LogP contribution < -0.4 is 0 Å². The molecule has 0 N–H and O–H groups in total. The fourth-order valence-electron chi connectivity index (χ4n) is 3.10. The van der Waals surface area contributed by atoms with Gasteiger partial charge in [0.2, 0.25) is 0 Å². The molecule has 0 atom stereocenters. The number of nitrogens with zero attached hydrogens (tertiary/aromatic N) is 2. The third-order valence-corrected chi connectivity index (χ3v) is 4.55. The van der Waals surface area contributed by atoms with Gasteiger partial charge in [0.25, 0.3) is 0 Å². The van der Waals surface area contributed by atoms with Gasteiger partial charge in [0.1, 0.15) is 0 Å². The highest BCUT2D eigenvalue weighted by Gasteiger charge is 2.05. The Hall–Kier alpha value is -2.35. The Balaban J connectivity index is 1.69. The minimum atomic E-state index is 0.561. The number of aromatic nitrogens is 2. The van der Waals surface area contributed by atoms with Gasteiger partial charge >= 0.3 is 0 Å². The second kappa shape index (κ2) is 7.69. The third kappa shape index (κ3) is 4.60. The highest BCUT2D eigenvalue weighted by Crippen LogP contribution is 2.18. The molecule has 2 nitrogen and oxygen atoms in total. The Kier molecular flexibility index (Phi) is 5.37. The van der Waals surface area contributed by atoms with Crippen LogP contribution in [0, 0.1) is 5.92 Å². The largest absolute Gasteiger partial charge is 0.306 e. The summed E-state index contributed by atoms with van der Waals surface area (Å²) < 4.78 is 2.10. The maximum Gasteiger partial charge on any atom is 0.0995 e. The van der Waals surface area contributed by atoms with Crippen molar-refractivity contribution in [3.8, 4) is 5.69 Å². The Morgan fingerprint density at radius 1 is 0.840 bits per heavy atom. The molecule has 0 aliphatic carbocycles. The molecule has 0 saturated carbocycles. The molecule has 2 aromatic carbocycles. The summed E-state index contributed by atoms with van der Waals surface area (Å²) in [5.41, 5.74) is 6.35. The smallest absolute Gasteiger partial charge is 0.0995 e. The van der Waals surface area contributed by atoms with E-state index in [0.29, 0.717) is 11.8 Å². The molecule has 0 amide bonds. The van der Waals surface area contributed by atoms with Crippen molar-refractivity contribution in [3.63, 3.8) is 0 Å². The van der Waals surface area contributed by atoms with Crippen molar-refractivity contribution in [1.82, 2.24) is 9.55 Å². The molecule has 130 valence electrons. The molecule has 1 heterocycles. The first-order valence-corrected chi connectivity index (χ1v) is 9.22. The van der Waals surface area contributed by atoms with E-state index in [0.717, 1.165) is 24.2 Å². The van der Waals surface area contributed by atoms with E-state index in [1.54, 1.807) is 0 Å². The van der Waals surface area contributed by atoms with Crippen LogP contribution in [0.4, 0.5) is 0 Å². The molecule has 3 rings (SSSR count). The maximum absolute atomic E-state index is 4.58. The Morgan fingerprint density at radius 3 is 2.08 bits per heavy atom. The normalized spacial score (nSPS) is 11.4. The number of benzene rings is 2. The van der Waals surface area contributed by atoms with Gasteiger partial charge in [0.05, 0.1) is 12.0 Å². The molecule has 0 aliphatic heterocycles. The van der Waals surface area contributed by atoms with Crippen molar-refractivity contribution >= 4 is 0 Å². The number of rotatable bonds is 6. The van der Waals surface area contributed by atoms with Crippen LogP contribution in [0.3, 0.4) is 0 Å². The monoisotopic (exact) mass is 332 g/mol. The minimum absolute atomic E-state index is 0.561. The molecule has 0 fully saturated rings. The third-order valence-electron chi connectivity index (χ3n) is 4.55. The Labute approximate surface area is 151 Å². The lowest BCUT2D eigenvalue weighted by Crippen LogP contribution is -1.95. The first kappa shape index (κ1) is 17.5. The summed E-state index contributed by atoms with van der Waals surface area (Å²) in [5, 5.41) is 0. The summed E-state index contributed by atoms with van der Waals surface area (Å²) in [7, 11) is 0. The van der Waals surface area contributed by atoms with Crippen molar-refractivity contribution in [2.24, 2.45) is 5.92 Å². The second-order valence-corrected chi connectivity index (χ2v) is 7.61. The highest BCUT2D eigenvalue weighted by atomic mass is 15.0. The van der Waals surface area contributed by atoms with E-state index in [9.17, 15) is 0 Å². The SMILES string of the molecule is CC(C)Cc1ccc(Cc2cn(-c3ccc(C(C)C)cc3)cn2)cc1. The van der Waals surface area contributed by atoms with Gasteiger partial charge in [-0.2, -0.15) is 0 Å². The highest BCUT2D eigenvalue weighted by molar-refractivity contribution is 5.36. The quantitative estimate of drug-likeness (QED) is 0.559. The summed E-state index contributed by atoms with van der Waals surface area (Å²) in [6, 6.07) is 17.7. The fraction of sp³-hybridized carbons (Fsp3) is 0.348. The average Bonchev–Trinajstić information content (AvgIpc) is 3.05. The molecule has 0 aliphatic rings. The number of imidazole rings is 1. The zero-order chi connectivity index (χ0) is 17.8. The van der Waals surface area contributed by atoms with Gasteiger partial charge in [-0.25, -0.2) is 4.98 Å². The molecule has 0 saturated heterocycles. The lowest BCUT2D eigenvalue weighted by Gasteiger charge is -2.07. The lowest BCUT2D eigenvalue weighted by molar-refractivity contribution is 0.647. The van der Waals surface area contributed by atoms with E-state index >= 15 is 0 Å². The summed E-state index contributed by atoms with van der Waals surface area (Å²) in [4.78, 5) is 4.58. The standard InChI is InChI=1S/C23H28N2/c1-17(2)13-19-5-7-20(8-6-19)14-22-15-25(16-24-22)23-11-9-21(10-12-23)18(3)4/h5-12,15-18H,13-14H2,1-4H3. The molecule has 0 bridgehead atoms. The molecular formula is C23H28N2. The van der Waals surface area contributed by atoms with E-state index in [1.165, 1.54) is 16.7 Å². The van der Waals surface area contributed by atoms with Gasteiger partial charge < -0.3 is 4.57 Å². The Morgan fingerprint density at radius 2 is 1.48 bits per heavy atom.